The van der Waals surface area contributed by atoms with E-state index >= 15 is 0 Å². The second-order valence-electron chi connectivity index (χ2n) is 6.19. The predicted octanol–water partition coefficient (Wildman–Crippen LogP) is 3.08. The summed E-state index contributed by atoms with van der Waals surface area (Å²) in [5.74, 6) is 0.706. The molecule has 128 valence electrons. The fourth-order valence-corrected chi connectivity index (χ4v) is 2.19. The average molecular weight is 323 g/mol. The van der Waals surface area contributed by atoms with Crippen LogP contribution in [-0.2, 0) is 14.3 Å². The monoisotopic (exact) mass is 323 g/mol. The normalized spacial score (nSPS) is 12.4. The van der Waals surface area contributed by atoms with E-state index in [1.807, 2.05) is 19.1 Å². The Morgan fingerprint density at radius 3 is 2.39 bits per heavy atom. The molecule has 0 aromatic heterocycles. The van der Waals surface area contributed by atoms with Gasteiger partial charge in [-0.15, -0.1) is 0 Å². The maximum Gasteiger partial charge on any atom is 0.417 e. The largest absolute Gasteiger partial charge is 0.497 e. The molecular weight excluding hydrogens is 298 g/mol. The first kappa shape index (κ1) is 19.0. The molecule has 1 atom stereocenters. The van der Waals surface area contributed by atoms with Crippen LogP contribution in [0.1, 0.15) is 37.9 Å². The van der Waals surface area contributed by atoms with Crippen LogP contribution >= 0.6 is 0 Å². The van der Waals surface area contributed by atoms with Crippen molar-refractivity contribution in [3.05, 3.63) is 29.3 Å². The van der Waals surface area contributed by atoms with Gasteiger partial charge >= 0.3 is 6.09 Å². The second kappa shape index (κ2) is 7.97. The molecule has 0 aliphatic carbocycles. The van der Waals surface area contributed by atoms with Crippen LogP contribution < -0.4 is 4.74 Å². The molecule has 6 nitrogen and oxygen atoms in total. The number of hydrogen-bond acceptors (Lipinski definition) is 5. The third kappa shape index (κ3) is 5.25. The van der Waals surface area contributed by atoms with E-state index < -0.39 is 17.7 Å². The molecule has 0 fully saturated rings. The highest BCUT2D eigenvalue weighted by atomic mass is 16.6. The van der Waals surface area contributed by atoms with Crippen molar-refractivity contribution in [3.8, 4) is 5.75 Å². The Morgan fingerprint density at radius 1 is 1.30 bits per heavy atom. The number of methoxy groups -OCH3 is 2. The summed E-state index contributed by atoms with van der Waals surface area (Å²) in [7, 11) is 3.10. The van der Waals surface area contributed by atoms with E-state index in [-0.39, 0.29) is 6.61 Å². The lowest BCUT2D eigenvalue weighted by molar-refractivity contribution is -0.120. The summed E-state index contributed by atoms with van der Waals surface area (Å²) in [6, 6.07) is 4.87. The van der Waals surface area contributed by atoms with Crippen molar-refractivity contribution in [2.45, 2.75) is 39.3 Å². The van der Waals surface area contributed by atoms with Gasteiger partial charge in [-0.05, 0) is 51.0 Å². The first-order valence-electron chi connectivity index (χ1n) is 7.33. The summed E-state index contributed by atoms with van der Waals surface area (Å²) >= 11 is 0. The molecule has 0 N–H and O–H groups in total. The minimum Gasteiger partial charge on any atom is -0.497 e. The molecule has 0 radical (unpaired) electrons. The summed E-state index contributed by atoms with van der Waals surface area (Å²) in [5.41, 5.74) is 0.998. The Labute approximate surface area is 137 Å². The third-order valence-corrected chi connectivity index (χ3v) is 3.21. The number of rotatable bonds is 6. The van der Waals surface area contributed by atoms with E-state index in [1.54, 1.807) is 33.9 Å². The molecule has 0 saturated heterocycles. The van der Waals surface area contributed by atoms with E-state index in [2.05, 4.69) is 0 Å². The third-order valence-electron chi connectivity index (χ3n) is 3.21. The quantitative estimate of drug-likeness (QED) is 0.753. The molecule has 1 aromatic rings. The van der Waals surface area contributed by atoms with E-state index in [0.29, 0.717) is 12.2 Å². The molecule has 0 spiro atoms. The van der Waals surface area contributed by atoms with Crippen LogP contribution in [0.3, 0.4) is 0 Å². The van der Waals surface area contributed by atoms with Gasteiger partial charge in [-0.1, -0.05) is 6.07 Å². The summed E-state index contributed by atoms with van der Waals surface area (Å²) in [4.78, 5) is 24.8. The van der Waals surface area contributed by atoms with Gasteiger partial charge in [0.05, 0.1) is 19.8 Å². The van der Waals surface area contributed by atoms with E-state index in [0.717, 1.165) is 16.0 Å². The number of benzene rings is 1. The second-order valence-corrected chi connectivity index (χ2v) is 6.19. The molecule has 2 amide bonds. The lowest BCUT2D eigenvalue weighted by atomic mass is 10.0. The highest BCUT2D eigenvalue weighted by Gasteiger charge is 2.30. The first-order chi connectivity index (χ1) is 10.7. The van der Waals surface area contributed by atoms with Gasteiger partial charge in [0, 0.05) is 7.11 Å². The van der Waals surface area contributed by atoms with Gasteiger partial charge < -0.3 is 14.2 Å². The zero-order valence-corrected chi connectivity index (χ0v) is 14.6. The lowest BCUT2D eigenvalue weighted by Crippen LogP contribution is -2.40. The first-order valence-corrected chi connectivity index (χ1v) is 7.33. The van der Waals surface area contributed by atoms with Gasteiger partial charge in [0.25, 0.3) is 0 Å². The zero-order chi connectivity index (χ0) is 17.6. The molecule has 0 aliphatic rings. The van der Waals surface area contributed by atoms with Gasteiger partial charge in [0.15, 0.2) is 0 Å². The van der Waals surface area contributed by atoms with Crippen LogP contribution in [0.4, 0.5) is 4.79 Å². The Kier molecular flexibility index (Phi) is 6.57. The number of carbonyl (C=O) groups excluding carboxylic acids is 2. The summed E-state index contributed by atoms with van der Waals surface area (Å²) < 4.78 is 15.7. The van der Waals surface area contributed by atoms with Crippen LogP contribution in [0.2, 0.25) is 0 Å². The Balaban J connectivity index is 3.17. The van der Waals surface area contributed by atoms with Crippen molar-refractivity contribution in [2.24, 2.45) is 0 Å². The summed E-state index contributed by atoms with van der Waals surface area (Å²) in [6.45, 7) is 7.30. The number of aryl methyl sites for hydroxylation is 1. The van der Waals surface area contributed by atoms with E-state index in [1.165, 1.54) is 7.11 Å². The van der Waals surface area contributed by atoms with E-state index in [4.69, 9.17) is 14.2 Å². The van der Waals surface area contributed by atoms with Gasteiger partial charge in [0.1, 0.15) is 11.4 Å². The maximum absolute atomic E-state index is 12.3. The van der Waals surface area contributed by atoms with Crippen LogP contribution in [0, 0.1) is 6.92 Å². The average Bonchev–Trinajstić information content (AvgIpc) is 2.45. The number of nitrogens with zero attached hydrogens (tertiary/aromatic N) is 1. The van der Waals surface area contributed by atoms with Crippen molar-refractivity contribution < 1.29 is 23.8 Å². The van der Waals surface area contributed by atoms with Crippen LogP contribution in [0.25, 0.3) is 0 Å². The number of ether oxygens (including phenoxy) is 3. The van der Waals surface area contributed by atoms with Gasteiger partial charge in [0.2, 0.25) is 6.41 Å². The van der Waals surface area contributed by atoms with Gasteiger partial charge in [-0.2, -0.15) is 0 Å². The van der Waals surface area contributed by atoms with Crippen molar-refractivity contribution >= 4 is 12.5 Å². The smallest absolute Gasteiger partial charge is 0.417 e. The highest BCUT2D eigenvalue weighted by Crippen LogP contribution is 2.27. The molecule has 6 heteroatoms. The van der Waals surface area contributed by atoms with Crippen molar-refractivity contribution in [2.75, 3.05) is 20.8 Å². The maximum atomic E-state index is 12.3. The predicted molar refractivity (Wildman–Crippen MR) is 86.5 cm³/mol. The van der Waals surface area contributed by atoms with Crippen LogP contribution in [0.15, 0.2) is 18.2 Å². The minimum absolute atomic E-state index is 0.172. The zero-order valence-electron chi connectivity index (χ0n) is 14.6. The molecule has 0 heterocycles. The molecule has 1 aromatic carbocycles. The highest BCUT2D eigenvalue weighted by molar-refractivity contribution is 5.81. The van der Waals surface area contributed by atoms with E-state index in [9.17, 15) is 9.59 Å². The molecule has 0 bridgehead atoms. The van der Waals surface area contributed by atoms with Crippen molar-refractivity contribution in [1.82, 2.24) is 4.90 Å². The number of amides is 2. The van der Waals surface area contributed by atoms with Crippen LogP contribution in [0.5, 0.6) is 5.75 Å². The molecule has 23 heavy (non-hydrogen) atoms. The number of hydrogen-bond donors (Lipinski definition) is 0. The Bertz CT molecular complexity index is 550. The SMILES string of the molecule is COCC(c1ccc(OC)cc1C)N(C=O)C(=O)OC(C)(C)C. The molecular formula is C17H25NO5. The van der Waals surface area contributed by atoms with Crippen LogP contribution in [-0.4, -0.2) is 43.8 Å². The fourth-order valence-electron chi connectivity index (χ4n) is 2.19. The molecule has 1 unspecified atom stereocenters. The molecule has 0 aliphatic heterocycles. The molecule has 0 saturated carbocycles. The van der Waals surface area contributed by atoms with Gasteiger partial charge in [-0.3, -0.25) is 4.79 Å². The Hall–Kier alpha value is -2.08. The lowest BCUT2D eigenvalue weighted by Gasteiger charge is -2.30. The van der Waals surface area contributed by atoms with Gasteiger partial charge in [-0.25, -0.2) is 9.69 Å². The standard InChI is InChI=1S/C17H25NO5/c1-12-9-13(22-6)7-8-14(12)15(10-21-5)18(11-19)16(20)23-17(2,3)4/h7-9,11,15H,10H2,1-6H3. The number of carbonyl (C=O) groups is 2. The number of imide groups is 1. The summed E-state index contributed by atoms with van der Waals surface area (Å²) in [6.07, 6.45) is -0.230. The van der Waals surface area contributed by atoms with Crippen molar-refractivity contribution in [3.63, 3.8) is 0 Å². The minimum atomic E-state index is -0.704. The van der Waals surface area contributed by atoms with Crippen molar-refractivity contribution in [1.29, 1.82) is 0 Å². The topological polar surface area (TPSA) is 65.1 Å². The fraction of sp³-hybridized carbons (Fsp3) is 0.529. The Morgan fingerprint density at radius 2 is 1.96 bits per heavy atom. The molecule has 1 rings (SSSR count). The summed E-state index contributed by atoms with van der Waals surface area (Å²) in [5, 5.41) is 0.